The number of nitrogen functional groups attached to an aromatic ring is 1. The van der Waals surface area contributed by atoms with Gasteiger partial charge in [0.15, 0.2) is 0 Å². The summed E-state index contributed by atoms with van der Waals surface area (Å²) in [6.07, 6.45) is 1.68. The minimum atomic E-state index is 0.544. The topological polar surface area (TPSA) is 61.0 Å². The molecule has 3 rings (SSSR count). The summed E-state index contributed by atoms with van der Waals surface area (Å²) in [5.74, 6) is 1.22. The van der Waals surface area contributed by atoms with Crippen molar-refractivity contribution in [1.82, 2.24) is 9.97 Å². The fraction of sp³-hybridized carbons (Fsp3) is 0.0667. The maximum absolute atomic E-state index is 5.73. The van der Waals surface area contributed by atoms with Crippen molar-refractivity contribution >= 4 is 16.6 Å². The van der Waals surface area contributed by atoms with Gasteiger partial charge < -0.3 is 10.5 Å². The fourth-order valence-corrected chi connectivity index (χ4v) is 1.82. The summed E-state index contributed by atoms with van der Waals surface area (Å²) in [4.78, 5) is 8.61. The molecule has 0 unspecified atom stereocenters. The number of benzene rings is 1. The van der Waals surface area contributed by atoms with E-state index >= 15 is 0 Å². The molecule has 0 radical (unpaired) electrons. The second-order valence-electron chi connectivity index (χ2n) is 4.34. The lowest BCUT2D eigenvalue weighted by atomic mass is 10.2. The number of anilines is 1. The minimum Gasteiger partial charge on any atom is -0.437 e. The summed E-state index contributed by atoms with van der Waals surface area (Å²) in [7, 11) is 0. The quantitative estimate of drug-likeness (QED) is 0.710. The van der Waals surface area contributed by atoms with Gasteiger partial charge in [-0.25, -0.2) is 4.98 Å². The molecule has 0 aliphatic heterocycles. The van der Waals surface area contributed by atoms with Gasteiger partial charge in [-0.3, -0.25) is 4.98 Å². The Kier molecular flexibility index (Phi) is 2.76. The van der Waals surface area contributed by atoms with Crippen LogP contribution in [-0.2, 0) is 0 Å². The summed E-state index contributed by atoms with van der Waals surface area (Å²) in [5, 5.41) is 0.995. The van der Waals surface area contributed by atoms with Crippen LogP contribution in [0.1, 0.15) is 5.69 Å². The van der Waals surface area contributed by atoms with Crippen molar-refractivity contribution in [2.45, 2.75) is 6.92 Å². The molecule has 0 fully saturated rings. The highest BCUT2D eigenvalue weighted by atomic mass is 16.5. The highest BCUT2D eigenvalue weighted by molar-refractivity contribution is 5.82. The zero-order valence-electron chi connectivity index (χ0n) is 10.5. The van der Waals surface area contributed by atoms with E-state index in [-0.39, 0.29) is 0 Å². The number of hydrogen-bond acceptors (Lipinski definition) is 4. The van der Waals surface area contributed by atoms with E-state index in [0.29, 0.717) is 11.6 Å². The molecule has 1 aromatic carbocycles. The predicted octanol–water partition coefficient (Wildman–Crippen LogP) is 3.31. The van der Waals surface area contributed by atoms with Crippen molar-refractivity contribution in [3.05, 3.63) is 54.4 Å². The molecule has 0 aliphatic rings. The van der Waals surface area contributed by atoms with E-state index in [4.69, 9.17) is 10.5 Å². The molecule has 0 atom stereocenters. The normalized spacial score (nSPS) is 10.6. The summed E-state index contributed by atoms with van der Waals surface area (Å²) >= 11 is 0. The van der Waals surface area contributed by atoms with Crippen LogP contribution in [0.3, 0.4) is 0 Å². The van der Waals surface area contributed by atoms with Crippen molar-refractivity contribution in [2.75, 3.05) is 5.73 Å². The molecule has 0 saturated heterocycles. The van der Waals surface area contributed by atoms with E-state index in [1.165, 1.54) is 0 Å². The van der Waals surface area contributed by atoms with Gasteiger partial charge in [-0.15, -0.1) is 0 Å². The molecular formula is C15H13N3O. The van der Waals surface area contributed by atoms with E-state index < -0.39 is 0 Å². The van der Waals surface area contributed by atoms with Gasteiger partial charge in [-0.2, -0.15) is 0 Å². The Morgan fingerprint density at radius 1 is 1.05 bits per heavy atom. The summed E-state index contributed by atoms with van der Waals surface area (Å²) < 4.78 is 5.67. The molecule has 0 spiro atoms. The summed E-state index contributed by atoms with van der Waals surface area (Å²) in [5.41, 5.74) is 8.27. The van der Waals surface area contributed by atoms with E-state index in [2.05, 4.69) is 9.97 Å². The number of nitrogens with zero attached hydrogens (tertiary/aromatic N) is 2. The van der Waals surface area contributed by atoms with E-state index in [0.717, 1.165) is 22.3 Å². The maximum atomic E-state index is 5.73. The van der Waals surface area contributed by atoms with Crippen molar-refractivity contribution in [3.63, 3.8) is 0 Å². The molecule has 2 aromatic heterocycles. The summed E-state index contributed by atoms with van der Waals surface area (Å²) in [6.45, 7) is 1.93. The largest absolute Gasteiger partial charge is 0.437 e. The van der Waals surface area contributed by atoms with Gasteiger partial charge in [-0.1, -0.05) is 0 Å². The SMILES string of the molecule is Cc1ccc(Oc2ccc3cc(N)ccc3n2)cn1. The van der Waals surface area contributed by atoms with Crippen LogP contribution in [0, 0.1) is 6.92 Å². The lowest BCUT2D eigenvalue weighted by molar-refractivity contribution is 0.462. The predicted molar refractivity (Wildman–Crippen MR) is 75.2 cm³/mol. The van der Waals surface area contributed by atoms with Crippen LogP contribution in [-0.4, -0.2) is 9.97 Å². The molecular weight excluding hydrogens is 238 g/mol. The van der Waals surface area contributed by atoms with Crippen molar-refractivity contribution < 1.29 is 4.74 Å². The van der Waals surface area contributed by atoms with Gasteiger partial charge in [-0.05, 0) is 43.3 Å². The first-order valence-corrected chi connectivity index (χ1v) is 5.97. The standard InChI is InChI=1S/C15H13N3O/c1-10-2-5-13(9-17-10)19-15-7-3-11-8-12(16)4-6-14(11)18-15/h2-9H,16H2,1H3. The minimum absolute atomic E-state index is 0.544. The first-order valence-electron chi connectivity index (χ1n) is 5.97. The number of rotatable bonds is 2. The number of fused-ring (bicyclic) bond motifs is 1. The second kappa shape index (κ2) is 4.57. The van der Waals surface area contributed by atoms with Gasteiger partial charge >= 0.3 is 0 Å². The number of aryl methyl sites for hydroxylation is 1. The molecule has 0 aliphatic carbocycles. The molecule has 3 aromatic rings. The third-order valence-electron chi connectivity index (χ3n) is 2.79. The molecule has 0 saturated carbocycles. The Hall–Kier alpha value is -2.62. The van der Waals surface area contributed by atoms with Crippen LogP contribution in [0.2, 0.25) is 0 Å². The number of pyridine rings is 2. The van der Waals surface area contributed by atoms with Gasteiger partial charge in [0.25, 0.3) is 0 Å². The molecule has 4 nitrogen and oxygen atoms in total. The Labute approximate surface area is 110 Å². The molecule has 94 valence electrons. The lowest BCUT2D eigenvalue weighted by Crippen LogP contribution is -1.91. The molecule has 19 heavy (non-hydrogen) atoms. The fourth-order valence-electron chi connectivity index (χ4n) is 1.82. The van der Waals surface area contributed by atoms with Crippen molar-refractivity contribution in [1.29, 1.82) is 0 Å². The third-order valence-corrected chi connectivity index (χ3v) is 2.79. The number of hydrogen-bond donors (Lipinski definition) is 1. The number of nitrogens with two attached hydrogens (primary N) is 1. The average Bonchev–Trinajstić information content (AvgIpc) is 2.42. The number of aromatic nitrogens is 2. The number of ether oxygens (including phenoxy) is 1. The maximum Gasteiger partial charge on any atom is 0.219 e. The van der Waals surface area contributed by atoms with Crippen LogP contribution < -0.4 is 10.5 Å². The zero-order valence-corrected chi connectivity index (χ0v) is 10.5. The van der Waals surface area contributed by atoms with Gasteiger partial charge in [0.05, 0.1) is 11.7 Å². The molecule has 0 amide bonds. The highest BCUT2D eigenvalue weighted by Crippen LogP contribution is 2.23. The van der Waals surface area contributed by atoms with Crippen LogP contribution >= 0.6 is 0 Å². The molecule has 2 N–H and O–H groups in total. The third kappa shape index (κ3) is 2.47. The second-order valence-corrected chi connectivity index (χ2v) is 4.34. The summed E-state index contributed by atoms with van der Waals surface area (Å²) in [6, 6.07) is 13.1. The Morgan fingerprint density at radius 3 is 2.74 bits per heavy atom. The van der Waals surface area contributed by atoms with Crippen LogP contribution in [0.15, 0.2) is 48.7 Å². The van der Waals surface area contributed by atoms with Crippen LogP contribution in [0.4, 0.5) is 5.69 Å². The smallest absolute Gasteiger partial charge is 0.219 e. The molecule has 0 bridgehead atoms. The van der Waals surface area contributed by atoms with Gasteiger partial charge in [0.1, 0.15) is 5.75 Å². The van der Waals surface area contributed by atoms with Gasteiger partial charge in [0, 0.05) is 22.8 Å². The monoisotopic (exact) mass is 251 g/mol. The van der Waals surface area contributed by atoms with E-state index in [9.17, 15) is 0 Å². The van der Waals surface area contributed by atoms with Crippen molar-refractivity contribution in [3.8, 4) is 11.6 Å². The van der Waals surface area contributed by atoms with Crippen molar-refractivity contribution in [2.24, 2.45) is 0 Å². The van der Waals surface area contributed by atoms with E-state index in [1.54, 1.807) is 6.20 Å². The Morgan fingerprint density at radius 2 is 1.95 bits per heavy atom. The highest BCUT2D eigenvalue weighted by Gasteiger charge is 2.02. The first kappa shape index (κ1) is 11.5. The molecule has 4 heteroatoms. The lowest BCUT2D eigenvalue weighted by Gasteiger charge is -2.06. The molecule has 2 heterocycles. The van der Waals surface area contributed by atoms with Gasteiger partial charge in [0.2, 0.25) is 5.88 Å². The Bertz CT molecular complexity index is 723. The van der Waals surface area contributed by atoms with Crippen LogP contribution in [0.25, 0.3) is 10.9 Å². The van der Waals surface area contributed by atoms with Crippen LogP contribution in [0.5, 0.6) is 11.6 Å². The average molecular weight is 251 g/mol. The zero-order chi connectivity index (χ0) is 13.2. The van der Waals surface area contributed by atoms with E-state index in [1.807, 2.05) is 49.4 Å². The first-order chi connectivity index (χ1) is 9.20. The Balaban J connectivity index is 1.93.